The Morgan fingerprint density at radius 3 is 2.50 bits per heavy atom. The van der Waals surface area contributed by atoms with Gasteiger partial charge in [0.1, 0.15) is 11.7 Å². The Morgan fingerprint density at radius 2 is 1.73 bits per heavy atom. The third-order valence-corrected chi connectivity index (χ3v) is 5.07. The molecule has 8 nitrogen and oxygen atoms in total. The SMILES string of the molecule is O=c1c2cnn(-c3ccccc3)c2ncn1/N=C\c1ccc(N2CCOCC2)cc1. The van der Waals surface area contributed by atoms with E-state index in [1.165, 1.54) is 17.2 Å². The van der Waals surface area contributed by atoms with Gasteiger partial charge in [0.25, 0.3) is 5.56 Å². The van der Waals surface area contributed by atoms with Gasteiger partial charge in [-0.1, -0.05) is 30.3 Å². The number of morpholine rings is 1. The Balaban J connectivity index is 1.39. The molecule has 30 heavy (non-hydrogen) atoms. The van der Waals surface area contributed by atoms with Crippen LogP contribution in [0.1, 0.15) is 5.56 Å². The van der Waals surface area contributed by atoms with Gasteiger partial charge in [-0.3, -0.25) is 4.79 Å². The van der Waals surface area contributed by atoms with E-state index in [-0.39, 0.29) is 5.56 Å². The first-order chi connectivity index (χ1) is 14.8. The molecule has 3 heterocycles. The van der Waals surface area contributed by atoms with Gasteiger partial charge in [-0.25, -0.2) is 9.67 Å². The van der Waals surface area contributed by atoms with E-state index < -0.39 is 0 Å². The first-order valence-electron chi connectivity index (χ1n) is 9.77. The number of benzene rings is 2. The highest BCUT2D eigenvalue weighted by Gasteiger charge is 2.12. The quantitative estimate of drug-likeness (QED) is 0.491. The molecular weight excluding hydrogens is 380 g/mol. The van der Waals surface area contributed by atoms with E-state index in [1.807, 2.05) is 42.5 Å². The summed E-state index contributed by atoms with van der Waals surface area (Å²) >= 11 is 0. The molecule has 1 aliphatic rings. The molecule has 0 N–H and O–H groups in total. The zero-order valence-corrected chi connectivity index (χ0v) is 16.3. The molecule has 4 aromatic rings. The third kappa shape index (κ3) is 3.48. The minimum absolute atomic E-state index is 0.261. The molecule has 2 aromatic carbocycles. The normalized spacial score (nSPS) is 14.6. The minimum Gasteiger partial charge on any atom is -0.378 e. The van der Waals surface area contributed by atoms with Crippen molar-refractivity contribution in [2.75, 3.05) is 31.2 Å². The minimum atomic E-state index is -0.261. The number of nitrogens with zero attached hydrogens (tertiary/aromatic N) is 6. The lowest BCUT2D eigenvalue weighted by molar-refractivity contribution is 0.122. The summed E-state index contributed by atoms with van der Waals surface area (Å²) < 4.78 is 8.27. The van der Waals surface area contributed by atoms with Gasteiger partial charge in [0.15, 0.2) is 5.65 Å². The molecule has 5 rings (SSSR count). The maximum atomic E-state index is 12.8. The van der Waals surface area contributed by atoms with Crippen LogP contribution in [-0.2, 0) is 4.74 Å². The summed E-state index contributed by atoms with van der Waals surface area (Å²) in [6.45, 7) is 3.29. The van der Waals surface area contributed by atoms with E-state index in [4.69, 9.17) is 4.74 Å². The molecule has 8 heteroatoms. The summed E-state index contributed by atoms with van der Waals surface area (Å²) in [5.74, 6) is 0. The number of fused-ring (bicyclic) bond motifs is 1. The molecular formula is C22H20N6O2. The van der Waals surface area contributed by atoms with Crippen LogP contribution in [0, 0.1) is 0 Å². The van der Waals surface area contributed by atoms with E-state index in [0.29, 0.717) is 11.0 Å². The number of hydrogen-bond donors (Lipinski definition) is 0. The lowest BCUT2D eigenvalue weighted by atomic mass is 10.2. The number of para-hydroxylation sites is 1. The standard InChI is InChI=1S/C22H20N6O2/c29-22-20-15-25-28(19-4-2-1-3-5-19)21(20)23-16-27(22)24-14-17-6-8-18(9-7-17)26-10-12-30-13-11-26/h1-9,14-16H,10-13H2/b24-14-. The zero-order chi connectivity index (χ0) is 20.3. The fourth-order valence-corrected chi connectivity index (χ4v) is 3.46. The van der Waals surface area contributed by atoms with Crippen molar-refractivity contribution in [2.24, 2.45) is 5.10 Å². The van der Waals surface area contributed by atoms with Crippen LogP contribution >= 0.6 is 0 Å². The highest BCUT2D eigenvalue weighted by atomic mass is 16.5. The van der Waals surface area contributed by atoms with E-state index in [1.54, 1.807) is 10.9 Å². The summed E-state index contributed by atoms with van der Waals surface area (Å²) in [6.07, 6.45) is 4.60. The van der Waals surface area contributed by atoms with E-state index in [2.05, 4.69) is 32.2 Å². The largest absolute Gasteiger partial charge is 0.378 e. The average molecular weight is 400 g/mol. The highest BCUT2D eigenvalue weighted by Crippen LogP contribution is 2.16. The Kier molecular flexibility index (Phi) is 4.82. The molecule has 0 unspecified atom stereocenters. The van der Waals surface area contributed by atoms with Crippen molar-refractivity contribution >= 4 is 22.9 Å². The number of aromatic nitrogens is 4. The maximum Gasteiger partial charge on any atom is 0.285 e. The first kappa shape index (κ1) is 18.3. The molecule has 0 atom stereocenters. The molecule has 1 fully saturated rings. The molecule has 2 aromatic heterocycles. The van der Waals surface area contributed by atoms with Crippen molar-refractivity contribution in [1.29, 1.82) is 0 Å². The molecule has 0 bridgehead atoms. The van der Waals surface area contributed by atoms with Gasteiger partial charge >= 0.3 is 0 Å². The van der Waals surface area contributed by atoms with Crippen LogP contribution in [0.4, 0.5) is 5.69 Å². The molecule has 0 spiro atoms. The van der Waals surface area contributed by atoms with E-state index >= 15 is 0 Å². The average Bonchev–Trinajstić information content (AvgIpc) is 3.25. The lowest BCUT2D eigenvalue weighted by Gasteiger charge is -2.28. The van der Waals surface area contributed by atoms with Crippen LogP contribution in [0.3, 0.4) is 0 Å². The van der Waals surface area contributed by atoms with Gasteiger partial charge < -0.3 is 9.64 Å². The predicted octanol–water partition coefficient (Wildman–Crippen LogP) is 2.30. The van der Waals surface area contributed by atoms with Crippen molar-refractivity contribution in [3.8, 4) is 5.69 Å². The molecule has 1 saturated heterocycles. The zero-order valence-electron chi connectivity index (χ0n) is 16.3. The lowest BCUT2D eigenvalue weighted by Crippen LogP contribution is -2.36. The van der Waals surface area contributed by atoms with Gasteiger partial charge in [0.2, 0.25) is 0 Å². The summed E-state index contributed by atoms with van der Waals surface area (Å²) in [4.78, 5) is 19.5. The molecule has 0 amide bonds. The van der Waals surface area contributed by atoms with Gasteiger partial charge in [-0.05, 0) is 29.8 Å². The topological polar surface area (TPSA) is 77.5 Å². The van der Waals surface area contributed by atoms with Gasteiger partial charge in [0.05, 0.1) is 31.3 Å². The Hall–Kier alpha value is -3.78. The second-order valence-electron chi connectivity index (χ2n) is 6.96. The second kappa shape index (κ2) is 7.92. The summed E-state index contributed by atoms with van der Waals surface area (Å²) in [5.41, 5.74) is 3.15. The van der Waals surface area contributed by atoms with Gasteiger partial charge in [0, 0.05) is 18.8 Å². The predicted molar refractivity (Wildman–Crippen MR) is 116 cm³/mol. The molecule has 0 radical (unpaired) electrons. The fourth-order valence-electron chi connectivity index (χ4n) is 3.46. The Bertz CT molecular complexity index is 1240. The maximum absolute atomic E-state index is 12.8. The van der Waals surface area contributed by atoms with Crippen LogP contribution in [0.2, 0.25) is 0 Å². The smallest absolute Gasteiger partial charge is 0.285 e. The first-order valence-corrected chi connectivity index (χ1v) is 9.77. The van der Waals surface area contributed by atoms with E-state index in [0.717, 1.165) is 43.2 Å². The number of ether oxygens (including phenoxy) is 1. The summed E-state index contributed by atoms with van der Waals surface area (Å²) in [7, 11) is 0. The van der Waals surface area contributed by atoms with E-state index in [9.17, 15) is 4.79 Å². The Labute approximate surface area is 172 Å². The van der Waals surface area contributed by atoms with Crippen molar-refractivity contribution in [3.05, 3.63) is 83.0 Å². The fraction of sp³-hybridized carbons (Fsp3) is 0.182. The monoisotopic (exact) mass is 400 g/mol. The molecule has 150 valence electrons. The molecule has 0 aliphatic carbocycles. The highest BCUT2D eigenvalue weighted by molar-refractivity contribution is 5.80. The molecule has 0 saturated carbocycles. The number of anilines is 1. The van der Waals surface area contributed by atoms with Crippen LogP contribution in [-0.4, -0.2) is 52.0 Å². The van der Waals surface area contributed by atoms with Gasteiger partial charge in [-0.15, -0.1) is 0 Å². The summed E-state index contributed by atoms with van der Waals surface area (Å²) in [5, 5.41) is 9.03. The van der Waals surface area contributed by atoms with Gasteiger partial charge in [-0.2, -0.15) is 14.9 Å². The Morgan fingerprint density at radius 1 is 0.967 bits per heavy atom. The number of hydrogen-bond acceptors (Lipinski definition) is 6. The molecule has 1 aliphatic heterocycles. The number of rotatable bonds is 4. The summed E-state index contributed by atoms with van der Waals surface area (Å²) in [6, 6.07) is 17.7. The van der Waals surface area contributed by atoms with Crippen LogP contribution < -0.4 is 10.5 Å². The van der Waals surface area contributed by atoms with Crippen molar-refractivity contribution in [2.45, 2.75) is 0 Å². The van der Waals surface area contributed by atoms with Crippen LogP contribution in [0.5, 0.6) is 0 Å². The third-order valence-electron chi connectivity index (χ3n) is 5.07. The van der Waals surface area contributed by atoms with Crippen molar-refractivity contribution in [3.63, 3.8) is 0 Å². The van der Waals surface area contributed by atoms with Crippen molar-refractivity contribution in [1.82, 2.24) is 19.4 Å². The van der Waals surface area contributed by atoms with Crippen LogP contribution in [0.25, 0.3) is 16.7 Å². The second-order valence-corrected chi connectivity index (χ2v) is 6.96. The van der Waals surface area contributed by atoms with Crippen LogP contribution in [0.15, 0.2) is 77.0 Å². The van der Waals surface area contributed by atoms with Crippen molar-refractivity contribution < 1.29 is 4.74 Å².